The molecule has 3 rings (SSSR count). The number of benzene rings is 2. The Kier molecular flexibility index (Phi) is 5.00. The fourth-order valence-corrected chi connectivity index (χ4v) is 2.47. The Morgan fingerprint density at radius 1 is 1.08 bits per heavy atom. The quantitative estimate of drug-likeness (QED) is 0.669. The van der Waals surface area contributed by atoms with Crippen LogP contribution in [0.25, 0.3) is 5.69 Å². The number of halogens is 1. The molecule has 0 aliphatic rings. The molecule has 5 nitrogen and oxygen atoms in total. The number of hydrogen-bond acceptors (Lipinski definition) is 3. The Morgan fingerprint density at radius 2 is 1.73 bits per heavy atom. The molecule has 0 saturated carbocycles. The molecule has 0 aliphatic carbocycles. The second-order valence-corrected chi connectivity index (χ2v) is 7.32. The van der Waals surface area contributed by atoms with Gasteiger partial charge in [-0.25, -0.2) is 9.48 Å². The Balaban J connectivity index is 1.90. The Bertz CT molecular complexity index is 897. The number of ether oxygens (including phenoxy) is 1. The maximum Gasteiger partial charge on any atom is 0.418 e. The molecule has 2 aromatic carbocycles. The van der Waals surface area contributed by atoms with E-state index in [1.165, 1.54) is 0 Å². The third-order valence-electron chi connectivity index (χ3n) is 3.73. The van der Waals surface area contributed by atoms with Crippen LogP contribution in [0.15, 0.2) is 60.7 Å². The fourth-order valence-electron chi connectivity index (χ4n) is 2.34. The molecule has 0 spiro atoms. The largest absolute Gasteiger partial charge is 0.418 e. The highest BCUT2D eigenvalue weighted by molar-refractivity contribution is 6.30. The summed E-state index contributed by atoms with van der Waals surface area (Å²) >= 11 is 5.97. The minimum absolute atomic E-state index is 0.169. The molecule has 1 aromatic heterocycles. The Hall–Kier alpha value is -2.79. The molecule has 0 saturated heterocycles. The topological polar surface area (TPSA) is 56.1 Å². The first kappa shape index (κ1) is 18.0. The first-order chi connectivity index (χ1) is 12.3. The summed E-state index contributed by atoms with van der Waals surface area (Å²) in [6.45, 7) is 6.19. The molecule has 0 radical (unpaired) electrons. The second kappa shape index (κ2) is 7.22. The molecule has 0 atom stereocenters. The van der Waals surface area contributed by atoms with E-state index in [9.17, 15) is 4.79 Å². The number of anilines is 1. The van der Waals surface area contributed by atoms with Crippen LogP contribution in [0.1, 0.15) is 26.5 Å². The summed E-state index contributed by atoms with van der Waals surface area (Å²) in [5.74, 6) is 0.997. The lowest BCUT2D eigenvalue weighted by molar-refractivity contribution is 0.215. The molecule has 0 bridgehead atoms. The van der Waals surface area contributed by atoms with Crippen molar-refractivity contribution in [3.05, 3.63) is 71.4 Å². The lowest BCUT2D eigenvalue weighted by Gasteiger charge is -2.14. The van der Waals surface area contributed by atoms with Crippen LogP contribution in [0, 0.1) is 0 Å². The first-order valence-corrected chi connectivity index (χ1v) is 8.61. The van der Waals surface area contributed by atoms with E-state index >= 15 is 0 Å². The normalized spacial score (nSPS) is 11.2. The number of para-hydroxylation sites is 1. The van der Waals surface area contributed by atoms with Gasteiger partial charge in [0.05, 0.1) is 11.4 Å². The van der Waals surface area contributed by atoms with Gasteiger partial charge >= 0.3 is 6.09 Å². The van der Waals surface area contributed by atoms with Gasteiger partial charge in [-0.1, -0.05) is 50.6 Å². The zero-order valence-electron chi connectivity index (χ0n) is 14.9. The molecule has 6 heteroatoms. The van der Waals surface area contributed by atoms with E-state index in [0.717, 1.165) is 11.4 Å². The number of carbonyl (C=O) groups excluding carboxylic acids is 1. The van der Waals surface area contributed by atoms with E-state index in [1.807, 2.05) is 24.3 Å². The summed E-state index contributed by atoms with van der Waals surface area (Å²) in [5, 5.41) is 8.05. The van der Waals surface area contributed by atoms with Crippen LogP contribution in [-0.4, -0.2) is 15.9 Å². The van der Waals surface area contributed by atoms with Crippen LogP contribution < -0.4 is 10.1 Å². The van der Waals surface area contributed by atoms with Crippen molar-refractivity contribution >= 4 is 23.5 Å². The van der Waals surface area contributed by atoms with E-state index in [0.29, 0.717) is 16.6 Å². The van der Waals surface area contributed by atoms with Gasteiger partial charge in [0.2, 0.25) is 0 Å². The molecule has 26 heavy (non-hydrogen) atoms. The third-order valence-corrected chi connectivity index (χ3v) is 3.98. The number of rotatable bonds is 3. The van der Waals surface area contributed by atoms with Gasteiger partial charge in [-0.3, -0.25) is 5.32 Å². The molecule has 1 heterocycles. The molecular formula is C20H20ClN3O2. The lowest BCUT2D eigenvalue weighted by atomic mass is 9.92. The van der Waals surface area contributed by atoms with E-state index in [-0.39, 0.29) is 5.41 Å². The van der Waals surface area contributed by atoms with Crippen molar-refractivity contribution < 1.29 is 9.53 Å². The van der Waals surface area contributed by atoms with Gasteiger partial charge in [0, 0.05) is 16.5 Å². The van der Waals surface area contributed by atoms with Gasteiger partial charge in [0.15, 0.2) is 0 Å². The van der Waals surface area contributed by atoms with Gasteiger partial charge in [0.25, 0.3) is 0 Å². The fraction of sp³-hybridized carbons (Fsp3) is 0.200. The number of carbonyl (C=O) groups is 1. The monoisotopic (exact) mass is 369 g/mol. The van der Waals surface area contributed by atoms with Crippen LogP contribution in [0.5, 0.6) is 5.75 Å². The minimum atomic E-state index is -0.577. The zero-order chi connectivity index (χ0) is 18.7. The lowest BCUT2D eigenvalue weighted by Crippen LogP contribution is -2.19. The number of hydrogen-bond donors (Lipinski definition) is 1. The van der Waals surface area contributed by atoms with Crippen molar-refractivity contribution in [1.82, 2.24) is 9.78 Å². The van der Waals surface area contributed by atoms with Crippen molar-refractivity contribution in [2.45, 2.75) is 26.2 Å². The van der Waals surface area contributed by atoms with Gasteiger partial charge < -0.3 is 4.74 Å². The van der Waals surface area contributed by atoms with Gasteiger partial charge in [0.1, 0.15) is 11.6 Å². The summed E-state index contributed by atoms with van der Waals surface area (Å²) in [6.07, 6.45) is -0.577. The highest BCUT2D eigenvalue weighted by atomic mass is 35.5. The highest BCUT2D eigenvalue weighted by Gasteiger charge is 2.22. The summed E-state index contributed by atoms with van der Waals surface area (Å²) in [7, 11) is 0. The predicted molar refractivity (Wildman–Crippen MR) is 103 cm³/mol. The second-order valence-electron chi connectivity index (χ2n) is 6.88. The Morgan fingerprint density at radius 3 is 2.35 bits per heavy atom. The first-order valence-electron chi connectivity index (χ1n) is 8.23. The molecular weight excluding hydrogens is 350 g/mol. The summed E-state index contributed by atoms with van der Waals surface area (Å²) in [5.41, 5.74) is 1.47. The molecule has 0 aliphatic heterocycles. The van der Waals surface area contributed by atoms with Crippen molar-refractivity contribution in [1.29, 1.82) is 0 Å². The number of aromatic nitrogens is 2. The third kappa shape index (κ3) is 4.24. The minimum Gasteiger partial charge on any atom is -0.410 e. The van der Waals surface area contributed by atoms with Crippen molar-refractivity contribution in [3.8, 4) is 11.4 Å². The average Bonchev–Trinajstić information content (AvgIpc) is 3.00. The smallest absolute Gasteiger partial charge is 0.410 e. The number of nitrogens with one attached hydrogen (secondary N) is 1. The molecule has 3 aromatic rings. The van der Waals surface area contributed by atoms with Gasteiger partial charge in [-0.2, -0.15) is 5.10 Å². The number of nitrogens with zero attached hydrogens (tertiary/aromatic N) is 2. The zero-order valence-corrected chi connectivity index (χ0v) is 15.6. The van der Waals surface area contributed by atoms with E-state index in [1.54, 1.807) is 41.1 Å². The van der Waals surface area contributed by atoms with E-state index < -0.39 is 6.09 Å². The summed E-state index contributed by atoms with van der Waals surface area (Å²) in [4.78, 5) is 12.3. The van der Waals surface area contributed by atoms with Gasteiger partial charge in [-0.05, 0) is 36.4 Å². The molecule has 134 valence electrons. The van der Waals surface area contributed by atoms with Crippen LogP contribution in [0.3, 0.4) is 0 Å². The molecule has 0 fully saturated rings. The summed E-state index contributed by atoms with van der Waals surface area (Å²) in [6, 6.07) is 18.0. The van der Waals surface area contributed by atoms with Crippen LogP contribution in [-0.2, 0) is 5.41 Å². The van der Waals surface area contributed by atoms with E-state index in [4.69, 9.17) is 16.3 Å². The summed E-state index contributed by atoms with van der Waals surface area (Å²) < 4.78 is 6.98. The van der Waals surface area contributed by atoms with Gasteiger partial charge in [-0.15, -0.1) is 0 Å². The van der Waals surface area contributed by atoms with Crippen molar-refractivity contribution in [3.63, 3.8) is 0 Å². The SMILES string of the molecule is CC(C)(C)c1cc(NC(=O)Oc2ccccc2)n(-c2ccc(Cl)cc2)n1. The Labute approximate surface area is 157 Å². The van der Waals surface area contributed by atoms with Crippen LogP contribution in [0.2, 0.25) is 5.02 Å². The maximum absolute atomic E-state index is 12.3. The van der Waals surface area contributed by atoms with Crippen molar-refractivity contribution in [2.24, 2.45) is 0 Å². The van der Waals surface area contributed by atoms with Crippen LogP contribution >= 0.6 is 11.6 Å². The predicted octanol–water partition coefficient (Wildman–Crippen LogP) is 5.43. The molecule has 1 amide bonds. The molecule has 1 N–H and O–H groups in total. The standard InChI is InChI=1S/C20H20ClN3O2/c1-20(2,3)17-13-18(22-19(25)26-16-7-5-4-6-8-16)24(23-17)15-11-9-14(21)10-12-15/h4-13H,1-3H3,(H,22,25). The van der Waals surface area contributed by atoms with Crippen LogP contribution in [0.4, 0.5) is 10.6 Å². The molecule has 0 unspecified atom stereocenters. The maximum atomic E-state index is 12.3. The average molecular weight is 370 g/mol. The highest BCUT2D eigenvalue weighted by Crippen LogP contribution is 2.27. The number of amides is 1. The van der Waals surface area contributed by atoms with E-state index in [2.05, 4.69) is 31.2 Å². The van der Waals surface area contributed by atoms with Crippen molar-refractivity contribution in [2.75, 3.05) is 5.32 Å².